The molecule has 19 heavy (non-hydrogen) atoms. The summed E-state index contributed by atoms with van der Waals surface area (Å²) in [5.41, 5.74) is 1.09. The summed E-state index contributed by atoms with van der Waals surface area (Å²) in [6.07, 6.45) is 0.967. The first kappa shape index (κ1) is 16.8. The van der Waals surface area contributed by atoms with Crippen molar-refractivity contribution in [1.29, 1.82) is 0 Å². The summed E-state index contributed by atoms with van der Waals surface area (Å²) in [6, 6.07) is 6.20. The Labute approximate surface area is 126 Å². The summed E-state index contributed by atoms with van der Waals surface area (Å²) in [5.74, 6) is 0.500. The van der Waals surface area contributed by atoms with E-state index in [0.29, 0.717) is 28.6 Å². The highest BCUT2D eigenvalue weighted by atomic mass is 35.5. The second kappa shape index (κ2) is 8.11. The Morgan fingerprint density at radius 2 is 1.95 bits per heavy atom. The molecule has 0 amide bonds. The number of halogens is 2. The zero-order chi connectivity index (χ0) is 14.4. The van der Waals surface area contributed by atoms with Gasteiger partial charge in [-0.1, -0.05) is 50.0 Å². The fourth-order valence-corrected chi connectivity index (χ4v) is 2.62. The second-order valence-electron chi connectivity index (χ2n) is 5.10. The summed E-state index contributed by atoms with van der Waals surface area (Å²) in [6.45, 7) is 7.21. The van der Waals surface area contributed by atoms with Crippen LogP contribution < -0.4 is 5.32 Å². The van der Waals surface area contributed by atoms with Crippen LogP contribution in [-0.4, -0.2) is 19.8 Å². The molecule has 0 heterocycles. The molecule has 0 aliphatic carbocycles. The van der Waals surface area contributed by atoms with E-state index in [4.69, 9.17) is 27.9 Å². The minimum absolute atomic E-state index is 0.215. The number of hydrogen-bond acceptors (Lipinski definition) is 2. The van der Waals surface area contributed by atoms with Gasteiger partial charge in [0.15, 0.2) is 0 Å². The Balaban J connectivity index is 2.87. The molecular weight excluding hydrogens is 281 g/mol. The van der Waals surface area contributed by atoms with Gasteiger partial charge < -0.3 is 10.1 Å². The standard InChI is InChI=1S/C15H23Cl2NO/c1-5-14(18-15(9-19-4)10(2)3)12-7-6-11(16)8-13(12)17/h6-8,10,14-15,18H,5,9H2,1-4H3. The predicted molar refractivity (Wildman–Crippen MR) is 83.1 cm³/mol. The molecule has 1 N–H and O–H groups in total. The third kappa shape index (κ3) is 4.96. The van der Waals surface area contributed by atoms with E-state index in [2.05, 4.69) is 26.1 Å². The molecule has 4 heteroatoms. The summed E-state index contributed by atoms with van der Waals surface area (Å²) in [5, 5.41) is 5.01. The molecule has 0 aliphatic rings. The van der Waals surface area contributed by atoms with E-state index in [-0.39, 0.29) is 6.04 Å². The van der Waals surface area contributed by atoms with Gasteiger partial charge in [0.05, 0.1) is 6.61 Å². The highest BCUT2D eigenvalue weighted by molar-refractivity contribution is 6.35. The lowest BCUT2D eigenvalue weighted by atomic mass is 9.99. The molecule has 2 unspecified atom stereocenters. The molecular formula is C15H23Cl2NO. The van der Waals surface area contributed by atoms with Crippen LogP contribution in [-0.2, 0) is 4.74 Å². The van der Waals surface area contributed by atoms with Crippen LogP contribution in [0.25, 0.3) is 0 Å². The maximum atomic E-state index is 6.29. The first-order chi connectivity index (χ1) is 8.99. The minimum atomic E-state index is 0.215. The number of benzene rings is 1. The average Bonchev–Trinajstić information content (AvgIpc) is 2.35. The van der Waals surface area contributed by atoms with Crippen molar-refractivity contribution < 1.29 is 4.74 Å². The highest BCUT2D eigenvalue weighted by Gasteiger charge is 2.20. The average molecular weight is 304 g/mol. The van der Waals surface area contributed by atoms with Crippen molar-refractivity contribution in [2.45, 2.75) is 39.3 Å². The quantitative estimate of drug-likeness (QED) is 0.788. The largest absolute Gasteiger partial charge is 0.383 e. The van der Waals surface area contributed by atoms with Gasteiger partial charge in [-0.3, -0.25) is 0 Å². The monoisotopic (exact) mass is 303 g/mol. The molecule has 0 radical (unpaired) electrons. The molecule has 2 atom stereocenters. The SMILES string of the molecule is CCC(NC(COC)C(C)C)c1ccc(Cl)cc1Cl. The maximum absolute atomic E-state index is 6.29. The van der Waals surface area contributed by atoms with Crippen LogP contribution in [0.2, 0.25) is 10.0 Å². The summed E-state index contributed by atoms with van der Waals surface area (Å²) >= 11 is 12.2. The lowest BCUT2D eigenvalue weighted by Crippen LogP contribution is -2.40. The Morgan fingerprint density at radius 3 is 2.42 bits per heavy atom. The Morgan fingerprint density at radius 1 is 1.26 bits per heavy atom. The van der Waals surface area contributed by atoms with Gasteiger partial charge in [-0.05, 0) is 30.0 Å². The number of nitrogens with one attached hydrogen (secondary N) is 1. The van der Waals surface area contributed by atoms with E-state index in [1.54, 1.807) is 13.2 Å². The zero-order valence-electron chi connectivity index (χ0n) is 12.0. The van der Waals surface area contributed by atoms with Crippen molar-refractivity contribution in [3.63, 3.8) is 0 Å². The molecule has 1 rings (SSSR count). The molecule has 1 aromatic carbocycles. The van der Waals surface area contributed by atoms with E-state index in [1.807, 2.05) is 12.1 Å². The Bertz CT molecular complexity index is 396. The van der Waals surface area contributed by atoms with Gasteiger partial charge in [0.2, 0.25) is 0 Å². The molecule has 0 bridgehead atoms. The highest BCUT2D eigenvalue weighted by Crippen LogP contribution is 2.28. The summed E-state index contributed by atoms with van der Waals surface area (Å²) in [7, 11) is 1.73. The van der Waals surface area contributed by atoms with Crippen molar-refractivity contribution in [2.24, 2.45) is 5.92 Å². The normalized spacial score (nSPS) is 14.7. The van der Waals surface area contributed by atoms with Crippen LogP contribution in [0, 0.1) is 5.92 Å². The van der Waals surface area contributed by atoms with Gasteiger partial charge in [-0.15, -0.1) is 0 Å². The smallest absolute Gasteiger partial charge is 0.0618 e. The number of ether oxygens (including phenoxy) is 1. The van der Waals surface area contributed by atoms with Gasteiger partial charge in [0, 0.05) is 29.2 Å². The fourth-order valence-electron chi connectivity index (χ4n) is 2.08. The Kier molecular flexibility index (Phi) is 7.16. The van der Waals surface area contributed by atoms with Crippen LogP contribution in [0.3, 0.4) is 0 Å². The van der Waals surface area contributed by atoms with Crippen LogP contribution in [0.1, 0.15) is 38.8 Å². The third-order valence-corrected chi connectivity index (χ3v) is 3.87. The van der Waals surface area contributed by atoms with Gasteiger partial charge >= 0.3 is 0 Å². The van der Waals surface area contributed by atoms with E-state index >= 15 is 0 Å². The Hall–Kier alpha value is -0.280. The fraction of sp³-hybridized carbons (Fsp3) is 0.600. The lowest BCUT2D eigenvalue weighted by Gasteiger charge is -2.28. The number of hydrogen-bond donors (Lipinski definition) is 1. The topological polar surface area (TPSA) is 21.3 Å². The molecule has 0 saturated heterocycles. The molecule has 0 aliphatic heterocycles. The van der Waals surface area contributed by atoms with E-state index in [1.165, 1.54) is 0 Å². The van der Waals surface area contributed by atoms with E-state index < -0.39 is 0 Å². The van der Waals surface area contributed by atoms with Crippen molar-refractivity contribution in [3.05, 3.63) is 33.8 Å². The van der Waals surface area contributed by atoms with Gasteiger partial charge in [0.25, 0.3) is 0 Å². The lowest BCUT2D eigenvalue weighted by molar-refractivity contribution is 0.139. The molecule has 1 aromatic rings. The molecule has 108 valence electrons. The maximum Gasteiger partial charge on any atom is 0.0618 e. The van der Waals surface area contributed by atoms with Crippen LogP contribution in [0.5, 0.6) is 0 Å². The molecule has 0 aromatic heterocycles. The van der Waals surface area contributed by atoms with Crippen molar-refractivity contribution in [3.8, 4) is 0 Å². The molecule has 0 fully saturated rings. The number of rotatable bonds is 7. The van der Waals surface area contributed by atoms with Gasteiger partial charge in [-0.25, -0.2) is 0 Å². The minimum Gasteiger partial charge on any atom is -0.383 e. The van der Waals surface area contributed by atoms with Crippen LogP contribution in [0.15, 0.2) is 18.2 Å². The molecule has 0 saturated carbocycles. The first-order valence-corrected chi connectivity index (χ1v) is 7.45. The first-order valence-electron chi connectivity index (χ1n) is 6.69. The third-order valence-electron chi connectivity index (χ3n) is 3.31. The zero-order valence-corrected chi connectivity index (χ0v) is 13.6. The summed E-state index contributed by atoms with van der Waals surface area (Å²) < 4.78 is 5.28. The number of methoxy groups -OCH3 is 1. The second-order valence-corrected chi connectivity index (χ2v) is 5.94. The van der Waals surface area contributed by atoms with Crippen molar-refractivity contribution in [1.82, 2.24) is 5.32 Å². The van der Waals surface area contributed by atoms with Crippen LogP contribution >= 0.6 is 23.2 Å². The van der Waals surface area contributed by atoms with Crippen molar-refractivity contribution >= 4 is 23.2 Å². The van der Waals surface area contributed by atoms with Crippen molar-refractivity contribution in [2.75, 3.05) is 13.7 Å². The van der Waals surface area contributed by atoms with E-state index in [9.17, 15) is 0 Å². The van der Waals surface area contributed by atoms with Crippen LogP contribution in [0.4, 0.5) is 0 Å². The predicted octanol–water partition coefficient (Wildman–Crippen LogP) is 4.71. The molecule has 0 spiro atoms. The van der Waals surface area contributed by atoms with Gasteiger partial charge in [0.1, 0.15) is 0 Å². The van der Waals surface area contributed by atoms with Gasteiger partial charge in [-0.2, -0.15) is 0 Å². The summed E-state index contributed by atoms with van der Waals surface area (Å²) in [4.78, 5) is 0. The molecule has 2 nitrogen and oxygen atoms in total. The van der Waals surface area contributed by atoms with E-state index in [0.717, 1.165) is 12.0 Å².